The van der Waals surface area contributed by atoms with Crippen molar-refractivity contribution in [3.8, 4) is 0 Å². The fraction of sp³-hybridized carbons (Fsp3) is 0.417. The van der Waals surface area contributed by atoms with Crippen LogP contribution in [-0.4, -0.2) is 18.8 Å². The Balaban J connectivity index is 2.38. The van der Waals surface area contributed by atoms with Crippen LogP contribution in [0.2, 0.25) is 1.41 Å². The van der Waals surface area contributed by atoms with Gasteiger partial charge in [0.2, 0.25) is 0 Å². The van der Waals surface area contributed by atoms with E-state index in [1.807, 2.05) is 0 Å². The number of carbonyl (C=O) groups excluding carboxylic acids is 1. The summed E-state index contributed by atoms with van der Waals surface area (Å²) in [4.78, 5) is 12.3. The molecule has 0 radical (unpaired) electrons. The number of hydrogen-bond donors (Lipinski definition) is 1. The fourth-order valence-corrected chi connectivity index (χ4v) is 1.48. The molecule has 1 fully saturated rings. The van der Waals surface area contributed by atoms with E-state index in [1.165, 1.54) is 12.1 Å². The van der Waals surface area contributed by atoms with Gasteiger partial charge in [-0.2, -0.15) is 0 Å². The van der Waals surface area contributed by atoms with Crippen LogP contribution in [0.1, 0.15) is 27.3 Å². The Morgan fingerprint density at radius 3 is 3.07 bits per heavy atom. The molecule has 0 spiro atoms. The average molecular weight is 211 g/mol. The largest absolute Gasteiger partial charge is 0.316 e. The van der Waals surface area contributed by atoms with Crippen LogP contribution in [-0.2, 0) is 0 Å². The summed E-state index contributed by atoms with van der Waals surface area (Å²) in [7, 11) is 0. The van der Waals surface area contributed by atoms with Crippen LogP contribution in [0.25, 0.3) is 0 Å². The second-order valence-corrected chi connectivity index (χ2v) is 3.41. The number of halogens is 1. The topological polar surface area (TPSA) is 29.1 Å². The molecule has 1 saturated heterocycles. The summed E-state index contributed by atoms with van der Waals surface area (Å²) < 4.78 is 44.2. The van der Waals surface area contributed by atoms with E-state index < -0.39 is 24.0 Å². The minimum Gasteiger partial charge on any atom is -0.316 e. The highest BCUT2D eigenvalue weighted by Gasteiger charge is 2.21. The first-order valence-corrected chi connectivity index (χ1v) is 4.86. The summed E-state index contributed by atoms with van der Waals surface area (Å²) in [6.45, 7) is -2.18. The van der Waals surface area contributed by atoms with Gasteiger partial charge in [0.05, 0.1) is 0 Å². The zero-order valence-electron chi connectivity index (χ0n) is 12.2. The lowest BCUT2D eigenvalue weighted by atomic mass is 9.91. The first-order valence-electron chi connectivity index (χ1n) is 6.81. The van der Waals surface area contributed by atoms with Crippen molar-refractivity contribution < 1.29 is 14.7 Å². The molecule has 0 bridgehead atoms. The molecule has 1 heterocycles. The fourth-order valence-electron chi connectivity index (χ4n) is 1.48. The summed E-state index contributed by atoms with van der Waals surface area (Å²) in [5.41, 5.74) is 0.0931. The minimum atomic E-state index is -2.36. The molecule has 80 valence electrons. The van der Waals surface area contributed by atoms with E-state index in [0.717, 1.165) is 12.1 Å². The lowest BCUT2D eigenvalue weighted by Crippen LogP contribution is -2.34. The number of Topliss-reactive ketones (excluding diaryl/α,β-unsaturated/α-hetero) is 1. The Morgan fingerprint density at radius 2 is 2.33 bits per heavy atom. The smallest absolute Gasteiger partial charge is 0.167 e. The predicted molar refractivity (Wildman–Crippen MR) is 56.3 cm³/mol. The maximum atomic E-state index is 12.8. The van der Waals surface area contributed by atoms with E-state index in [2.05, 4.69) is 0 Å². The zero-order valence-corrected chi connectivity index (χ0v) is 8.16. The molecule has 2 nitrogen and oxygen atoms in total. The standard InChI is InChI=1S/C12H14FNO/c13-11-5-3-9(4-6-11)12(15)10-2-1-7-14-8-10/h3-6,10,14H,1-2,7-8H2/i8D2,10D/hD. The number of carbonyl (C=O) groups is 1. The van der Waals surface area contributed by atoms with Crippen LogP contribution in [0.15, 0.2) is 24.3 Å². The molecule has 1 aromatic rings. The molecule has 0 amide bonds. The molecule has 1 unspecified atom stereocenters. The summed E-state index contributed by atoms with van der Waals surface area (Å²) in [5, 5.41) is 0.644. The van der Waals surface area contributed by atoms with E-state index >= 15 is 0 Å². The highest BCUT2D eigenvalue weighted by Crippen LogP contribution is 2.16. The molecule has 1 aliphatic heterocycles. The van der Waals surface area contributed by atoms with Crippen molar-refractivity contribution in [3.63, 3.8) is 0 Å². The number of ketones is 1. The number of hydrogen-bond acceptors (Lipinski definition) is 2. The van der Waals surface area contributed by atoms with Crippen LogP contribution in [0.4, 0.5) is 4.39 Å². The van der Waals surface area contributed by atoms with E-state index in [0.29, 0.717) is 11.7 Å². The summed E-state index contributed by atoms with van der Waals surface area (Å²) >= 11 is 0. The van der Waals surface area contributed by atoms with Gasteiger partial charge in [-0.05, 0) is 43.7 Å². The third-order valence-corrected chi connectivity index (χ3v) is 2.29. The first-order chi connectivity index (χ1) is 8.79. The van der Waals surface area contributed by atoms with E-state index in [-0.39, 0.29) is 18.5 Å². The molecule has 15 heavy (non-hydrogen) atoms. The molecule has 1 aliphatic rings. The summed E-state index contributed by atoms with van der Waals surface area (Å²) in [5.74, 6) is -3.25. The number of nitrogens with one attached hydrogen (secondary N) is 1. The number of rotatable bonds is 2. The van der Waals surface area contributed by atoms with Crippen LogP contribution in [0, 0.1) is 11.7 Å². The Kier molecular flexibility index (Phi) is 1.93. The van der Waals surface area contributed by atoms with Gasteiger partial charge >= 0.3 is 0 Å². The van der Waals surface area contributed by atoms with Crippen molar-refractivity contribution in [2.24, 2.45) is 5.89 Å². The molecule has 0 saturated carbocycles. The monoisotopic (exact) mass is 211 g/mol. The highest BCUT2D eigenvalue weighted by atomic mass is 19.1. The predicted octanol–water partition coefficient (Wildman–Crippen LogP) is 2.01. The molecule has 2 rings (SSSR count). The Bertz CT molecular complexity index is 493. The quantitative estimate of drug-likeness (QED) is 0.758. The molecule has 0 aromatic heterocycles. The summed E-state index contributed by atoms with van der Waals surface area (Å²) in [6.07, 6.45) is 0.449. The van der Waals surface area contributed by atoms with Gasteiger partial charge in [-0.15, -0.1) is 0 Å². The third kappa shape index (κ3) is 2.42. The van der Waals surface area contributed by atoms with E-state index in [4.69, 9.17) is 5.52 Å². The van der Waals surface area contributed by atoms with Gasteiger partial charge in [0.25, 0.3) is 0 Å². The second kappa shape index (κ2) is 4.53. The first kappa shape index (κ1) is 6.38. The highest BCUT2D eigenvalue weighted by molar-refractivity contribution is 5.98. The van der Waals surface area contributed by atoms with Crippen LogP contribution >= 0.6 is 0 Å². The molecule has 0 aliphatic carbocycles. The summed E-state index contributed by atoms with van der Waals surface area (Å²) in [6, 6.07) is 4.70. The van der Waals surface area contributed by atoms with Gasteiger partial charge < -0.3 is 5.31 Å². The Labute approximate surface area is 94.2 Å². The van der Waals surface area contributed by atoms with E-state index in [9.17, 15) is 9.18 Å². The van der Waals surface area contributed by atoms with Crippen molar-refractivity contribution in [3.05, 3.63) is 35.6 Å². The lowest BCUT2D eigenvalue weighted by Gasteiger charge is -2.21. The normalized spacial score (nSPS) is 34.7. The minimum absolute atomic E-state index is 0.0472. The lowest BCUT2D eigenvalue weighted by molar-refractivity contribution is 0.0899. The molecule has 1 N–H and O–H groups in total. The molecular formula is C12H14FNO. The average Bonchev–Trinajstić information content (AvgIpc) is 2.36. The van der Waals surface area contributed by atoms with E-state index in [1.54, 1.807) is 0 Å². The molecular weight excluding hydrogens is 193 g/mol. The van der Waals surface area contributed by atoms with Crippen LogP contribution < -0.4 is 5.31 Å². The van der Waals surface area contributed by atoms with Crippen molar-refractivity contribution in [2.75, 3.05) is 13.0 Å². The zero-order chi connectivity index (χ0) is 14.3. The van der Waals surface area contributed by atoms with Crippen molar-refractivity contribution in [1.29, 1.82) is 0 Å². The van der Waals surface area contributed by atoms with Crippen molar-refractivity contribution >= 4 is 5.78 Å². The van der Waals surface area contributed by atoms with Gasteiger partial charge in [0.15, 0.2) is 5.78 Å². The second-order valence-electron chi connectivity index (χ2n) is 3.41. The van der Waals surface area contributed by atoms with Gasteiger partial charge in [0.1, 0.15) is 7.23 Å². The van der Waals surface area contributed by atoms with Gasteiger partial charge in [0, 0.05) is 22.1 Å². The molecule has 3 heteroatoms. The molecule has 1 atom stereocenters. The Hall–Kier alpha value is -1.22. The van der Waals surface area contributed by atoms with Crippen molar-refractivity contribution in [2.45, 2.75) is 12.8 Å². The van der Waals surface area contributed by atoms with Crippen LogP contribution in [0.5, 0.6) is 0 Å². The van der Waals surface area contributed by atoms with Gasteiger partial charge in [-0.1, -0.05) is 0 Å². The number of benzene rings is 1. The maximum absolute atomic E-state index is 12.8. The third-order valence-electron chi connectivity index (χ3n) is 2.29. The van der Waals surface area contributed by atoms with Crippen LogP contribution in [0.3, 0.4) is 0 Å². The Morgan fingerprint density at radius 1 is 1.60 bits per heavy atom. The van der Waals surface area contributed by atoms with Gasteiger partial charge in [-0.3, -0.25) is 4.79 Å². The van der Waals surface area contributed by atoms with Gasteiger partial charge in [-0.25, -0.2) is 4.39 Å². The van der Waals surface area contributed by atoms with Crippen molar-refractivity contribution in [1.82, 2.24) is 5.31 Å². The molecule has 1 aromatic carbocycles. The number of piperidine rings is 1. The maximum Gasteiger partial charge on any atom is 0.167 e. The SMILES string of the molecule is [2H]N1CCCC([2H])(C(=O)c2ccc(F)cc2)C1([2H])[2H].